The van der Waals surface area contributed by atoms with E-state index >= 15 is 0 Å². The van der Waals surface area contributed by atoms with Crippen molar-refractivity contribution in [2.45, 2.75) is 104 Å². The predicted molar refractivity (Wildman–Crippen MR) is 166 cm³/mol. The summed E-state index contributed by atoms with van der Waals surface area (Å²) in [5, 5.41) is 41.4. The van der Waals surface area contributed by atoms with Gasteiger partial charge in [-0.2, -0.15) is 0 Å². The number of carbonyl (C=O) groups excluding carboxylic acids is 2. The molecule has 2 aliphatic rings. The first-order valence-corrected chi connectivity index (χ1v) is 15.5. The van der Waals surface area contributed by atoms with Gasteiger partial charge in [-0.25, -0.2) is 4.79 Å². The van der Waals surface area contributed by atoms with Crippen LogP contribution in [0.15, 0.2) is 0 Å². The van der Waals surface area contributed by atoms with Crippen LogP contribution in [0.5, 0.6) is 0 Å². The van der Waals surface area contributed by atoms with Crippen molar-refractivity contribution in [2.75, 3.05) is 52.5 Å². The molecule has 262 valence electrons. The molecule has 0 aromatic heterocycles. The molecule has 15 heteroatoms. The molecule has 0 aromatic rings. The molecule has 0 spiro atoms. The number of hydrogen-bond donors (Lipinski definition) is 6. The number of aliphatic carboxylic acids is 3. The summed E-state index contributed by atoms with van der Waals surface area (Å²) in [6, 6.07) is -1.90. The number of nitrogens with zero attached hydrogens (tertiary/aromatic N) is 2. The number of carboxylic acid groups (broad SMARTS) is 3. The van der Waals surface area contributed by atoms with E-state index in [9.17, 15) is 24.0 Å². The molecule has 0 amide bonds. The minimum absolute atomic E-state index is 0. The summed E-state index contributed by atoms with van der Waals surface area (Å²) in [4.78, 5) is 59.9. The van der Waals surface area contributed by atoms with Crippen LogP contribution in [0.4, 0.5) is 0 Å². The Kier molecular flexibility index (Phi) is 21.2. The normalized spacial score (nSPS) is 19.8. The van der Waals surface area contributed by atoms with Gasteiger partial charge in [0.1, 0.15) is 24.2 Å². The summed E-state index contributed by atoms with van der Waals surface area (Å²) >= 11 is 0. The second-order valence-corrected chi connectivity index (χ2v) is 11.3. The van der Waals surface area contributed by atoms with Crippen molar-refractivity contribution in [3.8, 4) is 0 Å². The van der Waals surface area contributed by atoms with Crippen molar-refractivity contribution in [1.29, 1.82) is 0 Å². The zero-order chi connectivity index (χ0) is 33.2. The monoisotopic (exact) mass is 648 g/mol. The molecule has 45 heavy (non-hydrogen) atoms. The van der Waals surface area contributed by atoms with Gasteiger partial charge in [-0.3, -0.25) is 29.0 Å². The second kappa shape index (κ2) is 22.6. The van der Waals surface area contributed by atoms with Crippen LogP contribution < -0.4 is 10.6 Å². The molecule has 2 fully saturated rings. The van der Waals surface area contributed by atoms with Gasteiger partial charge in [0.05, 0.1) is 13.2 Å². The average molecular weight is 649 g/mol. The fourth-order valence-corrected chi connectivity index (χ4v) is 4.71. The zero-order valence-corrected chi connectivity index (χ0v) is 26.4. The highest BCUT2D eigenvalue weighted by Crippen LogP contribution is 2.20. The van der Waals surface area contributed by atoms with Crippen molar-refractivity contribution >= 4 is 29.8 Å². The summed E-state index contributed by atoms with van der Waals surface area (Å²) in [6.45, 7) is 12.1. The number of aliphatic hydroxyl groups excluding tert-OH is 1. The van der Waals surface area contributed by atoms with Crippen LogP contribution in [0.25, 0.3) is 0 Å². The van der Waals surface area contributed by atoms with Crippen LogP contribution in [0.1, 0.15) is 73.6 Å². The highest BCUT2D eigenvalue weighted by molar-refractivity contribution is 5.77. The molecular formula is C30H56N4O11. The van der Waals surface area contributed by atoms with Gasteiger partial charge in [0.25, 0.3) is 0 Å². The van der Waals surface area contributed by atoms with Crippen molar-refractivity contribution < 1.29 is 53.9 Å². The van der Waals surface area contributed by atoms with Crippen LogP contribution >= 0.6 is 0 Å². The summed E-state index contributed by atoms with van der Waals surface area (Å²) in [6.07, 6.45) is 1.65. The van der Waals surface area contributed by atoms with E-state index in [1.807, 2.05) is 13.8 Å². The van der Waals surface area contributed by atoms with E-state index in [-0.39, 0.29) is 50.8 Å². The van der Waals surface area contributed by atoms with Crippen LogP contribution in [-0.4, -0.2) is 143 Å². The number of rotatable bonds is 21. The number of carboxylic acids is 3. The number of aliphatic hydroxyl groups is 1. The number of carbonyl (C=O) groups is 5. The Hall–Kier alpha value is -2.85. The lowest BCUT2D eigenvalue weighted by molar-refractivity contribution is -0.155. The molecule has 0 aliphatic carbocycles. The highest BCUT2D eigenvalue weighted by Gasteiger charge is 2.36. The molecule has 0 saturated carbocycles. The van der Waals surface area contributed by atoms with Gasteiger partial charge in [-0.15, -0.1) is 0 Å². The quantitative estimate of drug-likeness (QED) is 0.0942. The summed E-state index contributed by atoms with van der Waals surface area (Å²) < 4.78 is 10.2. The maximum atomic E-state index is 12.1. The fraction of sp³-hybridized carbons (Fsp3) is 0.833. The highest BCUT2D eigenvalue weighted by atomic mass is 16.5. The van der Waals surface area contributed by atoms with E-state index in [0.29, 0.717) is 51.6 Å². The fourth-order valence-electron chi connectivity index (χ4n) is 4.71. The first-order valence-electron chi connectivity index (χ1n) is 15.5. The molecule has 15 nitrogen and oxygen atoms in total. The van der Waals surface area contributed by atoms with Gasteiger partial charge in [0.2, 0.25) is 0 Å². The lowest BCUT2D eigenvalue weighted by Gasteiger charge is -2.39. The van der Waals surface area contributed by atoms with Gasteiger partial charge in [-0.1, -0.05) is 21.3 Å². The molecule has 2 heterocycles. The van der Waals surface area contributed by atoms with E-state index in [1.165, 1.54) is 0 Å². The molecule has 0 radical (unpaired) electrons. The molecule has 2 aliphatic heterocycles. The number of likely N-dealkylation sites (tertiary alicyclic amines) is 2. The van der Waals surface area contributed by atoms with E-state index in [0.717, 1.165) is 25.9 Å². The lowest BCUT2D eigenvalue weighted by Crippen LogP contribution is -2.54. The van der Waals surface area contributed by atoms with E-state index in [4.69, 9.17) is 29.9 Å². The number of ether oxygens (including phenoxy) is 2. The number of esters is 2. The Morgan fingerprint density at radius 2 is 1.27 bits per heavy atom. The predicted octanol–water partition coefficient (Wildman–Crippen LogP) is 0.631. The minimum atomic E-state index is -1.53. The Morgan fingerprint density at radius 3 is 1.71 bits per heavy atom. The summed E-state index contributed by atoms with van der Waals surface area (Å²) in [7, 11) is 0. The van der Waals surface area contributed by atoms with Crippen LogP contribution in [0.2, 0.25) is 0 Å². The molecule has 2 saturated heterocycles. The Labute approximate surface area is 266 Å². The van der Waals surface area contributed by atoms with E-state index < -0.39 is 36.1 Å². The van der Waals surface area contributed by atoms with Gasteiger partial charge in [-0.05, 0) is 71.4 Å². The van der Waals surface area contributed by atoms with Crippen molar-refractivity contribution in [1.82, 2.24) is 20.4 Å². The molecule has 2 rings (SSSR count). The zero-order valence-electron chi connectivity index (χ0n) is 26.4. The largest absolute Gasteiger partial charge is 0.480 e. The third-order valence-electron chi connectivity index (χ3n) is 7.59. The molecular weight excluding hydrogens is 592 g/mol. The van der Waals surface area contributed by atoms with Gasteiger partial charge < -0.3 is 40.5 Å². The maximum absolute atomic E-state index is 12.1. The third kappa shape index (κ3) is 15.8. The standard InChI is InChI=1S/C17H32N2O4.C12H20N2O7.CH4/c1-5-22-16(20)14(18-10-7-13(3)4)8-11-19-12-9-15(19)17(21)23-6-2;15-9(12(20)21)1-4-13-7(10(16)17)2-5-14-6-3-8(14)11(18)19;/h13-15,18H,5-12H2,1-4H3;7-9,13,15H,1-6H2,(H,16,17)(H,18,19)(H,20,21);1H4/t14-,15-;7-,8-,9-;/m00./s1. The van der Waals surface area contributed by atoms with Gasteiger partial charge >= 0.3 is 29.8 Å². The summed E-state index contributed by atoms with van der Waals surface area (Å²) in [5.41, 5.74) is 0. The SMILES string of the molecule is C.CCOC(=O)[C@H](CCN1CC[C@H]1C(=O)OCC)NCCC(C)C.O=C(O)[C@H](CCN1CC[C@H]1C(=O)O)NCC[C@H](O)C(=O)O. The van der Waals surface area contributed by atoms with Crippen LogP contribution in [0.3, 0.4) is 0 Å². The maximum Gasteiger partial charge on any atom is 0.332 e. The van der Waals surface area contributed by atoms with Crippen molar-refractivity contribution in [2.24, 2.45) is 5.92 Å². The van der Waals surface area contributed by atoms with Gasteiger partial charge in [0.15, 0.2) is 6.10 Å². The third-order valence-corrected chi connectivity index (χ3v) is 7.59. The molecule has 5 atom stereocenters. The first kappa shape index (κ1) is 42.1. The molecule has 0 bridgehead atoms. The Bertz CT molecular complexity index is 920. The van der Waals surface area contributed by atoms with Crippen LogP contribution in [-0.2, 0) is 33.4 Å². The summed E-state index contributed by atoms with van der Waals surface area (Å²) in [5.74, 6) is -3.12. The molecule has 0 aromatic carbocycles. The topological polar surface area (TPSA) is 215 Å². The van der Waals surface area contributed by atoms with Crippen molar-refractivity contribution in [3.63, 3.8) is 0 Å². The number of hydrogen-bond acceptors (Lipinski definition) is 12. The van der Waals surface area contributed by atoms with Crippen LogP contribution in [0, 0.1) is 5.92 Å². The smallest absolute Gasteiger partial charge is 0.332 e. The minimum Gasteiger partial charge on any atom is -0.480 e. The Morgan fingerprint density at radius 1 is 0.756 bits per heavy atom. The average Bonchev–Trinajstić information content (AvgIpc) is 2.89. The second-order valence-electron chi connectivity index (χ2n) is 11.3. The van der Waals surface area contributed by atoms with Gasteiger partial charge in [0, 0.05) is 26.2 Å². The molecule has 0 unspecified atom stereocenters. The first-order chi connectivity index (χ1) is 20.8. The Balaban J connectivity index is 0.000000845. The van der Waals surface area contributed by atoms with E-state index in [1.54, 1.807) is 4.90 Å². The van der Waals surface area contributed by atoms with Crippen molar-refractivity contribution in [3.05, 3.63) is 0 Å². The molecule has 6 N–H and O–H groups in total. The number of nitrogens with one attached hydrogen (secondary N) is 2. The lowest BCUT2D eigenvalue weighted by atomic mass is 10.0. The van der Waals surface area contributed by atoms with E-state index in [2.05, 4.69) is 29.4 Å².